The van der Waals surface area contributed by atoms with Gasteiger partial charge >= 0.3 is 0 Å². The Hall–Kier alpha value is -2.07. The van der Waals surface area contributed by atoms with Gasteiger partial charge in [-0.1, -0.05) is 28.1 Å². The maximum atomic E-state index is 12.2. The molecule has 114 valence electrons. The molecule has 0 bridgehead atoms. The van der Waals surface area contributed by atoms with Gasteiger partial charge in [-0.05, 0) is 49.4 Å². The summed E-state index contributed by atoms with van der Waals surface area (Å²) in [5.74, 6) is 1.24. The van der Waals surface area contributed by atoms with Gasteiger partial charge in [-0.3, -0.25) is 4.79 Å². The molecule has 2 aromatic carbocycles. The number of rotatable bonds is 6. The van der Waals surface area contributed by atoms with E-state index in [-0.39, 0.29) is 5.78 Å². The first kappa shape index (κ1) is 16.3. The number of ketones is 1. The highest BCUT2D eigenvalue weighted by molar-refractivity contribution is 9.10. The van der Waals surface area contributed by atoms with E-state index in [1.165, 1.54) is 6.08 Å². The third-order valence-electron chi connectivity index (χ3n) is 3.06. The van der Waals surface area contributed by atoms with E-state index >= 15 is 0 Å². The second kappa shape index (κ2) is 7.80. The minimum atomic E-state index is -0.0589. The lowest BCUT2D eigenvalue weighted by Crippen LogP contribution is -1.97. The number of ether oxygens (including phenoxy) is 2. The fraction of sp³-hybridized carbons (Fsp3) is 0.167. The number of carbonyl (C=O) groups excluding carboxylic acids is 1. The molecule has 0 atom stereocenters. The van der Waals surface area contributed by atoms with E-state index in [0.29, 0.717) is 23.7 Å². The smallest absolute Gasteiger partial charge is 0.185 e. The van der Waals surface area contributed by atoms with Gasteiger partial charge in [0.25, 0.3) is 0 Å². The topological polar surface area (TPSA) is 35.5 Å². The fourth-order valence-electron chi connectivity index (χ4n) is 2.03. The Labute approximate surface area is 138 Å². The maximum Gasteiger partial charge on any atom is 0.185 e. The standard InChI is InChI=1S/C18H17BrO3/c1-3-22-17-6-4-5-14(18(17)21-2)9-12-16(20)13-7-10-15(19)11-8-13/h4-12H,3H2,1-2H3. The average Bonchev–Trinajstić information content (AvgIpc) is 2.53. The molecule has 0 aromatic heterocycles. The van der Waals surface area contributed by atoms with Gasteiger partial charge in [0, 0.05) is 15.6 Å². The van der Waals surface area contributed by atoms with E-state index < -0.39 is 0 Å². The molecule has 0 spiro atoms. The van der Waals surface area contributed by atoms with Crippen LogP contribution < -0.4 is 9.47 Å². The van der Waals surface area contributed by atoms with Crippen LogP contribution in [0, 0.1) is 0 Å². The number of methoxy groups -OCH3 is 1. The monoisotopic (exact) mass is 360 g/mol. The molecule has 0 aliphatic heterocycles. The van der Waals surface area contributed by atoms with Crippen LogP contribution in [-0.4, -0.2) is 19.5 Å². The number of hydrogen-bond donors (Lipinski definition) is 0. The second-order valence-electron chi connectivity index (χ2n) is 4.52. The van der Waals surface area contributed by atoms with Gasteiger partial charge in [0.2, 0.25) is 0 Å². The highest BCUT2D eigenvalue weighted by Gasteiger charge is 2.08. The van der Waals surface area contributed by atoms with Crippen molar-refractivity contribution in [3.63, 3.8) is 0 Å². The Morgan fingerprint density at radius 1 is 1.18 bits per heavy atom. The minimum absolute atomic E-state index is 0.0589. The minimum Gasteiger partial charge on any atom is -0.492 e. The molecule has 0 heterocycles. The van der Waals surface area contributed by atoms with Crippen molar-refractivity contribution in [3.05, 3.63) is 64.1 Å². The molecule has 0 fully saturated rings. The zero-order valence-electron chi connectivity index (χ0n) is 12.5. The number of hydrogen-bond acceptors (Lipinski definition) is 3. The second-order valence-corrected chi connectivity index (χ2v) is 5.43. The summed E-state index contributed by atoms with van der Waals surface area (Å²) in [6.45, 7) is 2.47. The first-order valence-electron chi connectivity index (χ1n) is 6.93. The van der Waals surface area contributed by atoms with Gasteiger partial charge in [-0.15, -0.1) is 0 Å². The number of carbonyl (C=O) groups is 1. The van der Waals surface area contributed by atoms with Crippen LogP contribution in [0.4, 0.5) is 0 Å². The lowest BCUT2D eigenvalue weighted by atomic mass is 10.1. The van der Waals surface area contributed by atoms with Gasteiger partial charge in [0.15, 0.2) is 17.3 Å². The van der Waals surface area contributed by atoms with Crippen molar-refractivity contribution in [3.8, 4) is 11.5 Å². The van der Waals surface area contributed by atoms with Crippen molar-refractivity contribution in [1.82, 2.24) is 0 Å². The molecule has 0 radical (unpaired) electrons. The Bertz CT molecular complexity index is 675. The Kier molecular flexibility index (Phi) is 5.78. The van der Waals surface area contributed by atoms with Gasteiger partial charge in [0.1, 0.15) is 0 Å². The van der Waals surface area contributed by atoms with E-state index in [9.17, 15) is 4.79 Å². The summed E-state index contributed by atoms with van der Waals surface area (Å²) >= 11 is 3.35. The van der Waals surface area contributed by atoms with Crippen LogP contribution in [0.15, 0.2) is 53.0 Å². The molecule has 0 N–H and O–H groups in total. The van der Waals surface area contributed by atoms with Crippen LogP contribution in [0.5, 0.6) is 11.5 Å². The Morgan fingerprint density at radius 3 is 2.55 bits per heavy atom. The summed E-state index contributed by atoms with van der Waals surface area (Å²) in [6, 6.07) is 12.9. The van der Waals surface area contributed by atoms with Crippen molar-refractivity contribution >= 4 is 27.8 Å². The summed E-state index contributed by atoms with van der Waals surface area (Å²) < 4.78 is 11.9. The summed E-state index contributed by atoms with van der Waals surface area (Å²) in [6.07, 6.45) is 3.28. The van der Waals surface area contributed by atoms with Crippen LogP contribution in [0.2, 0.25) is 0 Å². The van der Waals surface area contributed by atoms with Gasteiger partial charge < -0.3 is 9.47 Å². The van der Waals surface area contributed by atoms with Crippen molar-refractivity contribution < 1.29 is 14.3 Å². The molecule has 4 heteroatoms. The van der Waals surface area contributed by atoms with Crippen LogP contribution in [0.25, 0.3) is 6.08 Å². The van der Waals surface area contributed by atoms with E-state index in [2.05, 4.69) is 15.9 Å². The highest BCUT2D eigenvalue weighted by atomic mass is 79.9. The molecule has 0 amide bonds. The average molecular weight is 361 g/mol. The molecule has 0 aliphatic rings. The molecule has 2 rings (SSSR count). The zero-order chi connectivity index (χ0) is 15.9. The largest absolute Gasteiger partial charge is 0.492 e. The third-order valence-corrected chi connectivity index (χ3v) is 3.58. The Morgan fingerprint density at radius 2 is 1.91 bits per heavy atom. The number of allylic oxidation sites excluding steroid dienone is 1. The van der Waals surface area contributed by atoms with Gasteiger partial charge in [0.05, 0.1) is 13.7 Å². The first-order valence-corrected chi connectivity index (χ1v) is 7.72. The van der Waals surface area contributed by atoms with Crippen LogP contribution in [-0.2, 0) is 0 Å². The first-order chi connectivity index (χ1) is 10.7. The molecule has 0 saturated carbocycles. The van der Waals surface area contributed by atoms with Crippen LogP contribution in [0.3, 0.4) is 0 Å². The number of halogens is 1. The SMILES string of the molecule is CCOc1cccc(C=CC(=O)c2ccc(Br)cc2)c1OC. The van der Waals surface area contributed by atoms with Crippen molar-refractivity contribution in [2.24, 2.45) is 0 Å². The molecular formula is C18H17BrO3. The van der Waals surface area contributed by atoms with Crippen molar-refractivity contribution in [2.45, 2.75) is 6.92 Å². The van der Waals surface area contributed by atoms with Gasteiger partial charge in [-0.25, -0.2) is 0 Å². The lowest BCUT2D eigenvalue weighted by Gasteiger charge is -2.11. The predicted octanol–water partition coefficient (Wildman–Crippen LogP) is 4.75. The molecule has 0 unspecified atom stereocenters. The van der Waals surface area contributed by atoms with Crippen molar-refractivity contribution in [2.75, 3.05) is 13.7 Å². The van der Waals surface area contributed by atoms with Gasteiger partial charge in [-0.2, -0.15) is 0 Å². The van der Waals surface area contributed by atoms with Crippen molar-refractivity contribution in [1.29, 1.82) is 0 Å². The molecule has 22 heavy (non-hydrogen) atoms. The summed E-state index contributed by atoms with van der Waals surface area (Å²) in [4.78, 5) is 12.2. The molecule has 0 aliphatic carbocycles. The van der Waals surface area contributed by atoms with E-state index in [1.54, 1.807) is 25.3 Å². The molecular weight excluding hydrogens is 344 g/mol. The summed E-state index contributed by atoms with van der Waals surface area (Å²) in [5.41, 5.74) is 1.44. The fourth-order valence-corrected chi connectivity index (χ4v) is 2.29. The number of para-hydroxylation sites is 1. The molecule has 0 saturated heterocycles. The normalized spacial score (nSPS) is 10.7. The zero-order valence-corrected chi connectivity index (χ0v) is 14.1. The summed E-state index contributed by atoms with van der Waals surface area (Å²) in [5, 5.41) is 0. The third kappa shape index (κ3) is 3.98. The van der Waals surface area contributed by atoms with E-state index in [4.69, 9.17) is 9.47 Å². The quantitative estimate of drug-likeness (QED) is 0.550. The lowest BCUT2D eigenvalue weighted by molar-refractivity contribution is 0.104. The molecule has 2 aromatic rings. The van der Waals surface area contributed by atoms with E-state index in [0.717, 1.165) is 10.0 Å². The van der Waals surface area contributed by atoms with Crippen LogP contribution in [0.1, 0.15) is 22.8 Å². The highest BCUT2D eigenvalue weighted by Crippen LogP contribution is 2.31. The summed E-state index contributed by atoms with van der Waals surface area (Å²) in [7, 11) is 1.59. The van der Waals surface area contributed by atoms with Crippen LogP contribution >= 0.6 is 15.9 Å². The number of benzene rings is 2. The Balaban J connectivity index is 2.24. The molecule has 3 nitrogen and oxygen atoms in total. The predicted molar refractivity (Wildman–Crippen MR) is 91.7 cm³/mol. The maximum absolute atomic E-state index is 12.2. The van der Waals surface area contributed by atoms with E-state index in [1.807, 2.05) is 37.3 Å².